The second kappa shape index (κ2) is 7.25. The Bertz CT molecular complexity index is 1080. The summed E-state index contributed by atoms with van der Waals surface area (Å²) < 4.78 is 15.5. The highest BCUT2D eigenvalue weighted by Crippen LogP contribution is 2.39. The topological polar surface area (TPSA) is 80.0 Å². The molecule has 3 atom stereocenters. The molecule has 2 aromatic heterocycles. The summed E-state index contributed by atoms with van der Waals surface area (Å²) in [5.41, 5.74) is 0.583. The van der Waals surface area contributed by atoms with Crippen LogP contribution in [0.15, 0.2) is 36.3 Å². The highest BCUT2D eigenvalue weighted by molar-refractivity contribution is 6.02. The first-order chi connectivity index (χ1) is 14.8. The average molecular weight is 423 g/mol. The predicted octanol–water partition coefficient (Wildman–Crippen LogP) is 2.32. The minimum absolute atomic E-state index is 0.126. The molecule has 1 unspecified atom stereocenters. The van der Waals surface area contributed by atoms with Gasteiger partial charge in [0, 0.05) is 32.0 Å². The molecule has 4 heterocycles. The molecule has 2 saturated heterocycles. The maximum atomic E-state index is 15.5. The molecule has 8 nitrogen and oxygen atoms in total. The Kier molecular flexibility index (Phi) is 4.64. The number of amides is 1. The van der Waals surface area contributed by atoms with Gasteiger partial charge < -0.3 is 9.80 Å². The van der Waals surface area contributed by atoms with Gasteiger partial charge in [0.1, 0.15) is 11.5 Å². The summed E-state index contributed by atoms with van der Waals surface area (Å²) >= 11 is 0. The predicted molar refractivity (Wildman–Crippen MR) is 114 cm³/mol. The highest BCUT2D eigenvalue weighted by atomic mass is 19.1. The van der Waals surface area contributed by atoms with Crippen molar-refractivity contribution in [1.82, 2.24) is 29.9 Å². The number of halogens is 1. The first kappa shape index (κ1) is 19.8. The molecule has 0 radical (unpaired) electrons. The molecule has 3 aliphatic rings. The van der Waals surface area contributed by atoms with E-state index in [1.807, 2.05) is 13.8 Å². The third-order valence-corrected chi connectivity index (χ3v) is 6.72. The number of aromatic nitrogens is 5. The fraction of sp³-hybridized carbons (Fsp3) is 0.500. The van der Waals surface area contributed by atoms with E-state index in [9.17, 15) is 4.79 Å². The van der Waals surface area contributed by atoms with Crippen molar-refractivity contribution in [3.8, 4) is 0 Å². The van der Waals surface area contributed by atoms with Crippen molar-refractivity contribution in [2.24, 2.45) is 5.92 Å². The van der Waals surface area contributed by atoms with Crippen LogP contribution in [-0.4, -0.2) is 67.1 Å². The fourth-order valence-corrected chi connectivity index (χ4v) is 4.75. The van der Waals surface area contributed by atoms with Crippen molar-refractivity contribution >= 4 is 17.4 Å². The van der Waals surface area contributed by atoms with Gasteiger partial charge in [-0.15, -0.1) is 0 Å². The van der Waals surface area contributed by atoms with Crippen LogP contribution >= 0.6 is 0 Å². The Morgan fingerprint density at radius 1 is 1.19 bits per heavy atom. The number of nitrogens with zero attached hydrogens (tertiary/aromatic N) is 7. The molecule has 162 valence electrons. The number of likely N-dealkylation sites (tertiary alicyclic amines) is 1. The second-order valence-corrected chi connectivity index (χ2v) is 8.80. The van der Waals surface area contributed by atoms with Crippen LogP contribution in [0, 0.1) is 19.8 Å². The van der Waals surface area contributed by atoms with E-state index in [-0.39, 0.29) is 23.9 Å². The minimum Gasteiger partial charge on any atom is -0.350 e. The highest BCUT2D eigenvalue weighted by Gasteiger charge is 2.47. The van der Waals surface area contributed by atoms with Crippen molar-refractivity contribution in [1.29, 1.82) is 0 Å². The van der Waals surface area contributed by atoms with Crippen LogP contribution in [-0.2, 0) is 4.79 Å². The number of carbonyl (C=O) groups excluding carboxylic acids is 1. The van der Waals surface area contributed by atoms with Crippen molar-refractivity contribution < 1.29 is 9.18 Å². The molecule has 1 amide bonds. The zero-order valence-corrected chi connectivity index (χ0v) is 18.0. The van der Waals surface area contributed by atoms with Crippen LogP contribution in [0.25, 0.3) is 5.70 Å². The molecule has 0 bridgehead atoms. The summed E-state index contributed by atoms with van der Waals surface area (Å²) in [6.07, 6.45) is 9.37. The van der Waals surface area contributed by atoms with Gasteiger partial charge in [-0.1, -0.05) is 6.08 Å². The summed E-state index contributed by atoms with van der Waals surface area (Å²) in [5, 5.41) is 8.25. The van der Waals surface area contributed by atoms with Gasteiger partial charge in [0.15, 0.2) is 0 Å². The molecular weight excluding hydrogens is 397 g/mol. The van der Waals surface area contributed by atoms with Gasteiger partial charge in [-0.25, -0.2) is 9.37 Å². The molecule has 0 aromatic carbocycles. The van der Waals surface area contributed by atoms with Crippen LogP contribution in [0.5, 0.6) is 0 Å². The monoisotopic (exact) mass is 423 g/mol. The number of hydrogen-bond donors (Lipinski definition) is 0. The van der Waals surface area contributed by atoms with Crippen LogP contribution in [0.2, 0.25) is 0 Å². The van der Waals surface area contributed by atoms with E-state index in [4.69, 9.17) is 0 Å². The van der Waals surface area contributed by atoms with Crippen molar-refractivity contribution in [3.63, 3.8) is 0 Å². The molecule has 2 aliphatic heterocycles. The van der Waals surface area contributed by atoms with E-state index in [2.05, 4.69) is 25.1 Å². The molecular formula is C22H26FN7O. The maximum Gasteiger partial charge on any atom is 0.255 e. The lowest BCUT2D eigenvalue weighted by atomic mass is 9.81. The van der Waals surface area contributed by atoms with Crippen LogP contribution in [0.1, 0.15) is 31.2 Å². The Morgan fingerprint density at radius 3 is 2.71 bits per heavy atom. The third kappa shape index (κ3) is 3.32. The van der Waals surface area contributed by atoms with E-state index in [0.717, 1.165) is 30.2 Å². The van der Waals surface area contributed by atoms with Gasteiger partial charge >= 0.3 is 0 Å². The van der Waals surface area contributed by atoms with Gasteiger partial charge in [-0.05, 0) is 33.3 Å². The number of carbonyl (C=O) groups is 1. The molecule has 0 saturated carbocycles. The Morgan fingerprint density at radius 2 is 1.97 bits per heavy atom. The van der Waals surface area contributed by atoms with E-state index in [1.54, 1.807) is 23.2 Å². The number of hydrogen-bond acceptors (Lipinski definition) is 6. The Labute approximate surface area is 180 Å². The first-order valence-corrected chi connectivity index (χ1v) is 10.7. The lowest BCUT2D eigenvalue weighted by Crippen LogP contribution is -2.65. The molecule has 9 heteroatoms. The number of fused-ring (bicyclic) bond motifs is 1. The number of allylic oxidation sites excluding steroid dienone is 3. The van der Waals surface area contributed by atoms with Crippen molar-refractivity contribution in [3.05, 3.63) is 47.7 Å². The Hall–Kier alpha value is -3.10. The van der Waals surface area contributed by atoms with E-state index < -0.39 is 5.67 Å². The van der Waals surface area contributed by atoms with Gasteiger partial charge in [0.05, 0.1) is 47.3 Å². The normalized spacial score (nSPS) is 27.9. The van der Waals surface area contributed by atoms with Gasteiger partial charge in [0.25, 0.3) is 5.91 Å². The molecule has 0 spiro atoms. The molecule has 0 N–H and O–H groups in total. The van der Waals surface area contributed by atoms with Crippen molar-refractivity contribution in [2.75, 3.05) is 24.5 Å². The summed E-state index contributed by atoms with van der Waals surface area (Å²) in [6, 6.07) is 0.172. The number of alkyl halides is 1. The smallest absolute Gasteiger partial charge is 0.255 e. The van der Waals surface area contributed by atoms with Crippen LogP contribution in [0.4, 0.5) is 10.2 Å². The lowest BCUT2D eigenvalue weighted by Gasteiger charge is -2.54. The van der Waals surface area contributed by atoms with E-state index in [1.165, 1.54) is 24.1 Å². The lowest BCUT2D eigenvalue weighted by molar-refractivity contribution is -0.130. The largest absolute Gasteiger partial charge is 0.350 e. The van der Waals surface area contributed by atoms with E-state index >= 15 is 4.39 Å². The summed E-state index contributed by atoms with van der Waals surface area (Å²) in [5.74, 6) is 1.07. The van der Waals surface area contributed by atoms with Gasteiger partial charge in [-0.2, -0.15) is 15.0 Å². The standard InChI is InChI=1S/C22H26FN7O/c1-14-15(2)27-19(11-24-14)29-12-16-6-10-28(13-18(16)29)21(31)20-17(30-25-8-9-26-30)5-4-7-22(20,3)23/h4-5,8-9,11,16,18H,6-7,10,12-13H2,1-3H3/t16-,18-,22?/m0/s1. The first-order valence-electron chi connectivity index (χ1n) is 10.7. The van der Waals surface area contributed by atoms with Crippen molar-refractivity contribution in [2.45, 2.75) is 45.3 Å². The minimum atomic E-state index is -1.77. The zero-order valence-electron chi connectivity index (χ0n) is 18.0. The average Bonchev–Trinajstić information content (AvgIpc) is 3.25. The number of piperidine rings is 1. The second-order valence-electron chi connectivity index (χ2n) is 8.80. The molecule has 1 aliphatic carbocycles. The summed E-state index contributed by atoms with van der Waals surface area (Å²) in [7, 11) is 0. The maximum absolute atomic E-state index is 15.5. The summed E-state index contributed by atoms with van der Waals surface area (Å²) in [4.78, 5) is 28.0. The molecule has 2 fully saturated rings. The van der Waals surface area contributed by atoms with E-state index in [0.29, 0.717) is 24.7 Å². The van der Waals surface area contributed by atoms with Gasteiger partial charge in [0.2, 0.25) is 0 Å². The van der Waals surface area contributed by atoms with Gasteiger partial charge in [-0.3, -0.25) is 9.78 Å². The SMILES string of the molecule is Cc1ncc(N2C[C@@H]3CCN(C(=O)C4=C(n5nccn5)C=CCC4(C)F)C[C@@H]32)nc1C. The molecule has 5 rings (SSSR count). The molecule has 2 aromatic rings. The number of rotatable bonds is 3. The molecule has 31 heavy (non-hydrogen) atoms. The van der Waals surface area contributed by atoms with Crippen LogP contribution < -0.4 is 4.90 Å². The summed E-state index contributed by atoms with van der Waals surface area (Å²) in [6.45, 7) is 7.43. The zero-order chi connectivity index (χ0) is 21.8. The van der Waals surface area contributed by atoms with Crippen LogP contribution in [0.3, 0.4) is 0 Å². The Balaban J connectivity index is 1.42. The number of anilines is 1. The number of aryl methyl sites for hydroxylation is 2. The fourth-order valence-electron chi connectivity index (χ4n) is 4.75. The third-order valence-electron chi connectivity index (χ3n) is 6.72. The quantitative estimate of drug-likeness (QED) is 0.754.